The van der Waals surface area contributed by atoms with Crippen molar-refractivity contribution in [2.24, 2.45) is 0 Å². The van der Waals surface area contributed by atoms with Crippen LogP contribution in [0.3, 0.4) is 0 Å². The zero-order chi connectivity index (χ0) is 16.2. The van der Waals surface area contributed by atoms with E-state index < -0.39 is 12.7 Å². The van der Waals surface area contributed by atoms with Gasteiger partial charge in [0.2, 0.25) is 0 Å². The molecular formula is C14H19F3N2O3. The molecule has 0 aromatic carbocycles. The molecule has 2 heterocycles. The van der Waals surface area contributed by atoms with Gasteiger partial charge < -0.3 is 14.1 Å². The number of carbonyl (C=O) groups excluding carboxylic acids is 1. The van der Waals surface area contributed by atoms with Gasteiger partial charge in [-0.15, -0.1) is 0 Å². The number of nitrogens with zero attached hydrogens (tertiary/aromatic N) is 2. The summed E-state index contributed by atoms with van der Waals surface area (Å²) in [5.41, 5.74) is 0. The summed E-state index contributed by atoms with van der Waals surface area (Å²) in [6.45, 7) is 0.552. The summed E-state index contributed by atoms with van der Waals surface area (Å²) in [7, 11) is 1.52. The van der Waals surface area contributed by atoms with Crippen LogP contribution in [0.2, 0.25) is 0 Å². The SMILES string of the molecule is COCc1ccc(C(=O)N2CCCN(CC(F)(F)F)CC2)o1. The molecule has 1 saturated heterocycles. The number of carbonyl (C=O) groups is 1. The molecule has 1 aliphatic rings. The van der Waals surface area contributed by atoms with Crippen molar-refractivity contribution in [3.8, 4) is 0 Å². The largest absolute Gasteiger partial charge is 0.453 e. The summed E-state index contributed by atoms with van der Waals surface area (Å²) >= 11 is 0. The highest BCUT2D eigenvalue weighted by Gasteiger charge is 2.32. The molecule has 5 nitrogen and oxygen atoms in total. The van der Waals surface area contributed by atoms with Crippen LogP contribution in [0.1, 0.15) is 22.7 Å². The molecule has 0 aliphatic carbocycles. The van der Waals surface area contributed by atoms with Crippen molar-refractivity contribution >= 4 is 5.91 Å². The Morgan fingerprint density at radius 3 is 2.73 bits per heavy atom. The molecule has 1 aliphatic heterocycles. The highest BCUT2D eigenvalue weighted by molar-refractivity contribution is 5.91. The molecule has 0 atom stereocenters. The van der Waals surface area contributed by atoms with Crippen molar-refractivity contribution in [1.29, 1.82) is 0 Å². The Bertz CT molecular complexity index is 502. The lowest BCUT2D eigenvalue weighted by Crippen LogP contribution is -2.38. The standard InChI is InChI=1S/C14H19F3N2O3/c1-21-9-11-3-4-12(22-11)13(20)19-6-2-5-18(7-8-19)10-14(15,16)17/h3-4H,2,5-10H2,1H3. The fourth-order valence-corrected chi connectivity index (χ4v) is 2.45. The van der Waals surface area contributed by atoms with Gasteiger partial charge in [0.05, 0.1) is 6.54 Å². The lowest BCUT2D eigenvalue weighted by molar-refractivity contribution is -0.145. The van der Waals surface area contributed by atoms with E-state index in [1.54, 1.807) is 12.1 Å². The summed E-state index contributed by atoms with van der Waals surface area (Å²) < 4.78 is 47.6. The quantitative estimate of drug-likeness (QED) is 0.853. The van der Waals surface area contributed by atoms with Gasteiger partial charge in [-0.2, -0.15) is 13.2 Å². The summed E-state index contributed by atoms with van der Waals surface area (Å²) in [4.78, 5) is 15.2. The van der Waals surface area contributed by atoms with Crippen LogP contribution in [0.25, 0.3) is 0 Å². The fourth-order valence-electron chi connectivity index (χ4n) is 2.45. The third-order valence-electron chi connectivity index (χ3n) is 3.44. The number of methoxy groups -OCH3 is 1. The molecule has 22 heavy (non-hydrogen) atoms. The molecule has 1 aromatic rings. The van der Waals surface area contributed by atoms with Gasteiger partial charge in [-0.25, -0.2) is 0 Å². The normalized spacial score (nSPS) is 17.5. The van der Waals surface area contributed by atoms with Crippen LogP contribution in [-0.2, 0) is 11.3 Å². The van der Waals surface area contributed by atoms with E-state index in [0.29, 0.717) is 25.3 Å². The van der Waals surface area contributed by atoms with Crippen LogP contribution in [0, 0.1) is 0 Å². The van der Waals surface area contributed by atoms with Gasteiger partial charge in [0.1, 0.15) is 12.4 Å². The van der Waals surface area contributed by atoms with E-state index in [-0.39, 0.29) is 31.4 Å². The number of hydrogen-bond donors (Lipinski definition) is 0. The lowest BCUT2D eigenvalue weighted by Gasteiger charge is -2.22. The number of alkyl halides is 3. The lowest BCUT2D eigenvalue weighted by atomic mass is 10.3. The second-order valence-corrected chi connectivity index (χ2v) is 5.24. The van der Waals surface area contributed by atoms with E-state index in [0.717, 1.165) is 0 Å². The Morgan fingerprint density at radius 2 is 2.05 bits per heavy atom. The number of furan rings is 1. The van der Waals surface area contributed by atoms with Crippen molar-refractivity contribution in [3.63, 3.8) is 0 Å². The van der Waals surface area contributed by atoms with Crippen LogP contribution in [0.15, 0.2) is 16.5 Å². The average molecular weight is 320 g/mol. The maximum atomic E-state index is 12.4. The first-order chi connectivity index (χ1) is 10.4. The second kappa shape index (κ2) is 7.15. The Labute approximate surface area is 126 Å². The van der Waals surface area contributed by atoms with Gasteiger partial charge in [-0.1, -0.05) is 0 Å². The Balaban J connectivity index is 1.93. The highest BCUT2D eigenvalue weighted by atomic mass is 19.4. The summed E-state index contributed by atoms with van der Waals surface area (Å²) in [6.07, 6.45) is -3.71. The van der Waals surface area contributed by atoms with Gasteiger partial charge in [0, 0.05) is 33.3 Å². The number of ether oxygens (including phenoxy) is 1. The molecular weight excluding hydrogens is 301 g/mol. The molecule has 0 spiro atoms. The average Bonchev–Trinajstić information content (AvgIpc) is 2.77. The van der Waals surface area contributed by atoms with Gasteiger partial charge in [-0.3, -0.25) is 9.69 Å². The topological polar surface area (TPSA) is 45.9 Å². The zero-order valence-electron chi connectivity index (χ0n) is 12.4. The molecule has 0 N–H and O–H groups in total. The minimum absolute atomic E-state index is 0.191. The van der Waals surface area contributed by atoms with E-state index in [9.17, 15) is 18.0 Å². The Morgan fingerprint density at radius 1 is 1.27 bits per heavy atom. The predicted molar refractivity (Wildman–Crippen MR) is 72.4 cm³/mol. The Kier molecular flexibility index (Phi) is 5.47. The second-order valence-electron chi connectivity index (χ2n) is 5.24. The fraction of sp³-hybridized carbons (Fsp3) is 0.643. The molecule has 0 radical (unpaired) electrons. The smallest absolute Gasteiger partial charge is 0.401 e. The maximum absolute atomic E-state index is 12.4. The summed E-state index contributed by atoms with van der Waals surface area (Å²) in [6, 6.07) is 3.22. The molecule has 124 valence electrons. The summed E-state index contributed by atoms with van der Waals surface area (Å²) in [5, 5.41) is 0. The van der Waals surface area contributed by atoms with Crippen LogP contribution < -0.4 is 0 Å². The van der Waals surface area contributed by atoms with Gasteiger partial charge in [-0.05, 0) is 18.6 Å². The minimum Gasteiger partial charge on any atom is -0.453 e. The molecule has 1 aromatic heterocycles. The van der Waals surface area contributed by atoms with Crippen LogP contribution in [0.5, 0.6) is 0 Å². The molecule has 8 heteroatoms. The van der Waals surface area contributed by atoms with Crippen LogP contribution in [-0.4, -0.2) is 61.7 Å². The predicted octanol–water partition coefficient (Wildman–Crippen LogP) is 2.14. The van der Waals surface area contributed by atoms with Crippen molar-refractivity contribution in [2.45, 2.75) is 19.2 Å². The van der Waals surface area contributed by atoms with Gasteiger partial charge in [0.25, 0.3) is 5.91 Å². The number of rotatable bonds is 4. The molecule has 0 saturated carbocycles. The van der Waals surface area contributed by atoms with Crippen molar-refractivity contribution < 1.29 is 27.1 Å². The van der Waals surface area contributed by atoms with Gasteiger partial charge >= 0.3 is 6.18 Å². The van der Waals surface area contributed by atoms with Crippen LogP contribution >= 0.6 is 0 Å². The zero-order valence-corrected chi connectivity index (χ0v) is 12.4. The van der Waals surface area contributed by atoms with Crippen LogP contribution in [0.4, 0.5) is 13.2 Å². The first-order valence-electron chi connectivity index (χ1n) is 7.05. The third-order valence-corrected chi connectivity index (χ3v) is 3.44. The van der Waals surface area contributed by atoms with E-state index >= 15 is 0 Å². The van der Waals surface area contributed by atoms with E-state index in [4.69, 9.17) is 9.15 Å². The van der Waals surface area contributed by atoms with Gasteiger partial charge in [0.15, 0.2) is 5.76 Å². The third kappa shape index (κ3) is 4.74. The molecule has 1 amide bonds. The van der Waals surface area contributed by atoms with Crippen molar-refractivity contribution in [2.75, 3.05) is 39.8 Å². The molecule has 2 rings (SSSR count). The summed E-state index contributed by atoms with van der Waals surface area (Å²) in [5.74, 6) is 0.437. The van der Waals surface area contributed by atoms with Crippen molar-refractivity contribution in [3.05, 3.63) is 23.7 Å². The van der Waals surface area contributed by atoms with Crippen molar-refractivity contribution in [1.82, 2.24) is 9.80 Å². The first kappa shape index (κ1) is 16.8. The minimum atomic E-state index is -4.21. The highest BCUT2D eigenvalue weighted by Crippen LogP contribution is 2.18. The van der Waals surface area contributed by atoms with E-state index in [1.807, 2.05) is 0 Å². The number of amides is 1. The number of halogens is 3. The van der Waals surface area contributed by atoms with E-state index in [2.05, 4.69) is 0 Å². The van der Waals surface area contributed by atoms with E-state index in [1.165, 1.54) is 16.9 Å². The number of hydrogen-bond acceptors (Lipinski definition) is 4. The Hall–Kier alpha value is -1.54. The molecule has 1 fully saturated rings. The molecule has 0 unspecified atom stereocenters. The molecule has 0 bridgehead atoms. The first-order valence-corrected chi connectivity index (χ1v) is 7.05. The maximum Gasteiger partial charge on any atom is 0.401 e. The monoisotopic (exact) mass is 320 g/mol.